The molecule has 0 amide bonds. The van der Waals surface area contributed by atoms with Gasteiger partial charge in [0.2, 0.25) is 5.28 Å². The lowest BCUT2D eigenvalue weighted by Crippen LogP contribution is -2.47. The predicted molar refractivity (Wildman–Crippen MR) is 78.2 cm³/mol. The highest BCUT2D eigenvalue weighted by Gasteiger charge is 2.20. The monoisotopic (exact) mass is 298 g/mol. The average Bonchev–Trinajstić information content (AvgIpc) is 2.87. The van der Waals surface area contributed by atoms with Crippen molar-refractivity contribution >= 4 is 39.0 Å². The number of rotatable bonds is 3. The number of anilines is 1. The van der Waals surface area contributed by atoms with Crippen molar-refractivity contribution in [2.45, 2.75) is 0 Å². The highest BCUT2D eigenvalue weighted by molar-refractivity contribution is 7.16. The van der Waals surface area contributed by atoms with Gasteiger partial charge in [-0.1, -0.05) is 0 Å². The Morgan fingerprint density at radius 1 is 1.26 bits per heavy atom. The molecule has 19 heavy (non-hydrogen) atoms. The molecule has 2 aromatic rings. The number of nitrogens with zero attached hydrogens (tertiary/aromatic N) is 4. The van der Waals surface area contributed by atoms with Crippen LogP contribution in [-0.4, -0.2) is 59.3 Å². The normalized spacial score (nSPS) is 17.3. The Bertz CT molecular complexity index is 568. The summed E-state index contributed by atoms with van der Waals surface area (Å²) in [7, 11) is 0. The minimum atomic E-state index is 0.216. The molecule has 0 aliphatic carbocycles. The van der Waals surface area contributed by atoms with Crippen LogP contribution in [0, 0.1) is 0 Å². The zero-order chi connectivity index (χ0) is 13.2. The molecule has 7 heteroatoms. The van der Waals surface area contributed by atoms with Crippen LogP contribution >= 0.6 is 22.9 Å². The smallest absolute Gasteiger partial charge is 0.225 e. The number of aliphatic hydroxyl groups is 1. The van der Waals surface area contributed by atoms with Crippen molar-refractivity contribution in [1.82, 2.24) is 14.9 Å². The third-order valence-electron chi connectivity index (χ3n) is 3.37. The summed E-state index contributed by atoms with van der Waals surface area (Å²) >= 11 is 7.58. The lowest BCUT2D eigenvalue weighted by Gasteiger charge is -2.35. The Labute approximate surface area is 120 Å². The van der Waals surface area contributed by atoms with Crippen molar-refractivity contribution in [1.29, 1.82) is 0 Å². The molecule has 2 aromatic heterocycles. The molecule has 3 rings (SSSR count). The van der Waals surface area contributed by atoms with Crippen LogP contribution in [0.1, 0.15) is 0 Å². The topological polar surface area (TPSA) is 52.5 Å². The van der Waals surface area contributed by atoms with Crippen LogP contribution < -0.4 is 4.90 Å². The fourth-order valence-electron chi connectivity index (χ4n) is 2.38. The van der Waals surface area contributed by atoms with E-state index < -0.39 is 0 Å². The molecule has 102 valence electrons. The van der Waals surface area contributed by atoms with E-state index in [1.54, 1.807) is 11.3 Å². The van der Waals surface area contributed by atoms with Crippen LogP contribution in [0.2, 0.25) is 5.28 Å². The Morgan fingerprint density at radius 2 is 2.05 bits per heavy atom. The molecule has 0 atom stereocenters. The summed E-state index contributed by atoms with van der Waals surface area (Å²) in [6.45, 7) is 4.64. The lowest BCUT2D eigenvalue weighted by atomic mass is 10.3. The van der Waals surface area contributed by atoms with Crippen molar-refractivity contribution in [3.63, 3.8) is 0 Å². The van der Waals surface area contributed by atoms with Gasteiger partial charge in [0.05, 0.1) is 12.0 Å². The van der Waals surface area contributed by atoms with Gasteiger partial charge in [0.1, 0.15) is 10.6 Å². The third-order valence-corrected chi connectivity index (χ3v) is 4.34. The Hall–Kier alpha value is -0.950. The van der Waals surface area contributed by atoms with E-state index in [2.05, 4.69) is 19.8 Å². The van der Waals surface area contributed by atoms with E-state index in [0.717, 1.165) is 48.8 Å². The highest BCUT2D eigenvalue weighted by Crippen LogP contribution is 2.29. The molecule has 5 nitrogen and oxygen atoms in total. The predicted octanol–water partition coefficient (Wildman–Crippen LogP) is 1.46. The molecule has 3 heterocycles. The van der Waals surface area contributed by atoms with Gasteiger partial charge in [-0.2, -0.15) is 4.98 Å². The maximum Gasteiger partial charge on any atom is 0.225 e. The zero-order valence-corrected chi connectivity index (χ0v) is 12.0. The molecular formula is C12H15ClN4OS. The van der Waals surface area contributed by atoms with Crippen molar-refractivity contribution in [3.05, 3.63) is 16.7 Å². The van der Waals surface area contributed by atoms with E-state index in [1.807, 2.05) is 11.4 Å². The van der Waals surface area contributed by atoms with Crippen LogP contribution in [-0.2, 0) is 0 Å². The molecule has 0 radical (unpaired) electrons. The number of thiophene rings is 1. The molecule has 1 fully saturated rings. The zero-order valence-electron chi connectivity index (χ0n) is 10.4. The molecule has 1 aliphatic rings. The van der Waals surface area contributed by atoms with Crippen molar-refractivity contribution in [2.75, 3.05) is 44.2 Å². The third kappa shape index (κ3) is 2.67. The number of halogens is 1. The second-order valence-electron chi connectivity index (χ2n) is 4.51. The quantitative estimate of drug-likeness (QED) is 0.870. The first kappa shape index (κ1) is 13.1. The molecule has 0 unspecified atom stereocenters. The van der Waals surface area contributed by atoms with Gasteiger partial charge < -0.3 is 10.0 Å². The first-order chi connectivity index (χ1) is 9.28. The molecular weight excluding hydrogens is 284 g/mol. The first-order valence-electron chi connectivity index (χ1n) is 6.27. The van der Waals surface area contributed by atoms with E-state index in [9.17, 15) is 0 Å². The fraction of sp³-hybridized carbons (Fsp3) is 0.500. The molecule has 1 N–H and O–H groups in total. The van der Waals surface area contributed by atoms with Gasteiger partial charge in [0.15, 0.2) is 0 Å². The summed E-state index contributed by atoms with van der Waals surface area (Å²) < 4.78 is 0. The number of hydrogen-bond acceptors (Lipinski definition) is 6. The fourth-order valence-corrected chi connectivity index (χ4v) is 3.35. The summed E-state index contributed by atoms with van der Waals surface area (Å²) in [6.07, 6.45) is 0. The summed E-state index contributed by atoms with van der Waals surface area (Å²) in [4.78, 5) is 14.1. The average molecular weight is 299 g/mol. The van der Waals surface area contributed by atoms with E-state index in [1.165, 1.54) is 0 Å². The number of aliphatic hydroxyl groups excluding tert-OH is 1. The second kappa shape index (κ2) is 5.58. The number of hydrogen-bond donors (Lipinski definition) is 1. The summed E-state index contributed by atoms with van der Waals surface area (Å²) in [6, 6.07) is 2.05. The van der Waals surface area contributed by atoms with E-state index in [0.29, 0.717) is 5.28 Å². The van der Waals surface area contributed by atoms with Crippen molar-refractivity contribution in [2.24, 2.45) is 0 Å². The van der Waals surface area contributed by atoms with Gasteiger partial charge in [0.25, 0.3) is 0 Å². The number of β-amino-alcohol motifs (C(OH)–C–C–N with tert-alkyl or cyclic N) is 1. The van der Waals surface area contributed by atoms with Gasteiger partial charge >= 0.3 is 0 Å². The van der Waals surface area contributed by atoms with Crippen LogP contribution in [0.25, 0.3) is 10.2 Å². The van der Waals surface area contributed by atoms with Crippen molar-refractivity contribution < 1.29 is 5.11 Å². The number of aromatic nitrogens is 2. The molecule has 0 bridgehead atoms. The summed E-state index contributed by atoms with van der Waals surface area (Å²) in [5.41, 5.74) is 0. The lowest BCUT2D eigenvalue weighted by molar-refractivity contribution is 0.188. The molecule has 0 aromatic carbocycles. The van der Waals surface area contributed by atoms with E-state index >= 15 is 0 Å². The summed E-state index contributed by atoms with van der Waals surface area (Å²) in [5, 5.41) is 12.4. The second-order valence-corrected chi connectivity index (χ2v) is 5.74. The van der Waals surface area contributed by atoms with Crippen LogP contribution in [0.4, 0.5) is 5.82 Å². The largest absolute Gasteiger partial charge is 0.395 e. The Kier molecular flexibility index (Phi) is 3.83. The number of fused-ring (bicyclic) bond motifs is 1. The maximum atomic E-state index is 8.96. The molecule has 1 aliphatic heterocycles. The Balaban J connectivity index is 1.83. The van der Waals surface area contributed by atoms with Gasteiger partial charge in [-0.25, -0.2) is 4.98 Å². The molecule has 1 saturated heterocycles. The first-order valence-corrected chi connectivity index (χ1v) is 7.52. The standard InChI is InChI=1S/C12H15ClN4OS/c13-12-14-10(9-1-8-19-11(9)15-12)17-4-2-16(3-5-17)6-7-18/h1,8,18H,2-7H2. The van der Waals surface area contributed by atoms with Crippen LogP contribution in [0.15, 0.2) is 11.4 Å². The minimum Gasteiger partial charge on any atom is -0.395 e. The van der Waals surface area contributed by atoms with Gasteiger partial charge in [-0.15, -0.1) is 11.3 Å². The highest BCUT2D eigenvalue weighted by atomic mass is 35.5. The number of piperazine rings is 1. The van der Waals surface area contributed by atoms with Crippen LogP contribution in [0.3, 0.4) is 0 Å². The minimum absolute atomic E-state index is 0.216. The molecule has 0 spiro atoms. The van der Waals surface area contributed by atoms with Crippen LogP contribution in [0.5, 0.6) is 0 Å². The SMILES string of the molecule is OCCN1CCN(c2nc(Cl)nc3sccc23)CC1. The van der Waals surface area contributed by atoms with Gasteiger partial charge in [0, 0.05) is 32.7 Å². The maximum absolute atomic E-state index is 8.96. The summed E-state index contributed by atoms with van der Waals surface area (Å²) in [5.74, 6) is 0.930. The Morgan fingerprint density at radius 3 is 2.79 bits per heavy atom. The van der Waals surface area contributed by atoms with Gasteiger partial charge in [-0.3, -0.25) is 4.90 Å². The van der Waals surface area contributed by atoms with E-state index in [4.69, 9.17) is 16.7 Å². The molecule has 0 saturated carbocycles. The van der Waals surface area contributed by atoms with Crippen molar-refractivity contribution in [3.8, 4) is 0 Å². The van der Waals surface area contributed by atoms with E-state index in [-0.39, 0.29) is 6.61 Å². The van der Waals surface area contributed by atoms with Gasteiger partial charge in [-0.05, 0) is 23.0 Å².